The number of aromatic nitrogens is 2. The quantitative estimate of drug-likeness (QED) is 0.554. The van der Waals surface area contributed by atoms with E-state index in [-0.39, 0.29) is 5.91 Å². The molecule has 2 unspecified atom stereocenters. The lowest BCUT2D eigenvalue weighted by Gasteiger charge is -2.34. The lowest BCUT2D eigenvalue weighted by atomic mass is 9.75. The second kappa shape index (κ2) is 7.54. The van der Waals surface area contributed by atoms with Crippen LogP contribution in [0.4, 0.5) is 0 Å². The third-order valence-corrected chi connectivity index (χ3v) is 5.52. The molecule has 2 aliphatic rings. The number of nitrogens with one attached hydrogen (secondary N) is 3. The number of hydrogen-bond acceptors (Lipinski definition) is 3. The SMILES string of the molecule is O=C(NCCNC1=CC=CC2CCCCC12)c1cc2cc(Cl)ncc2[nH]1. The van der Waals surface area contributed by atoms with Gasteiger partial charge in [-0.3, -0.25) is 4.79 Å². The van der Waals surface area contributed by atoms with Crippen LogP contribution in [0, 0.1) is 11.8 Å². The molecule has 0 saturated heterocycles. The standard InChI is InChI=1S/C20H23ClN4O/c21-19-11-14-10-17(25-18(14)12-24-19)20(26)23-9-8-22-16-7-3-5-13-4-1-2-6-15(13)16/h3,5,7,10-13,15,22,25H,1-2,4,6,8-9H2,(H,23,26). The summed E-state index contributed by atoms with van der Waals surface area (Å²) in [6.45, 7) is 1.30. The summed E-state index contributed by atoms with van der Waals surface area (Å²) >= 11 is 5.89. The Hall–Kier alpha value is -2.27. The second-order valence-corrected chi connectivity index (χ2v) is 7.41. The van der Waals surface area contributed by atoms with E-state index in [0.29, 0.717) is 29.2 Å². The van der Waals surface area contributed by atoms with Crippen molar-refractivity contribution in [2.75, 3.05) is 13.1 Å². The Bertz CT molecular complexity index is 870. The van der Waals surface area contributed by atoms with E-state index >= 15 is 0 Å². The van der Waals surface area contributed by atoms with Crippen LogP contribution in [0.15, 0.2) is 42.3 Å². The molecular formula is C20H23ClN4O. The van der Waals surface area contributed by atoms with Crippen LogP contribution in [-0.4, -0.2) is 29.0 Å². The van der Waals surface area contributed by atoms with E-state index in [1.807, 2.05) is 0 Å². The number of aromatic amines is 1. The van der Waals surface area contributed by atoms with Gasteiger partial charge >= 0.3 is 0 Å². The van der Waals surface area contributed by atoms with Crippen LogP contribution < -0.4 is 10.6 Å². The minimum absolute atomic E-state index is 0.118. The van der Waals surface area contributed by atoms with Gasteiger partial charge in [-0.25, -0.2) is 4.98 Å². The zero-order valence-corrected chi connectivity index (χ0v) is 15.4. The molecule has 2 atom stereocenters. The number of hydrogen-bond donors (Lipinski definition) is 3. The Morgan fingerprint density at radius 3 is 3.08 bits per heavy atom. The Kier molecular flexibility index (Phi) is 4.98. The minimum atomic E-state index is -0.118. The third-order valence-electron chi connectivity index (χ3n) is 5.31. The predicted octanol–water partition coefficient (Wildman–Crippen LogP) is 3.80. The highest BCUT2D eigenvalue weighted by Gasteiger charge is 2.27. The molecule has 1 fully saturated rings. The maximum atomic E-state index is 12.3. The van der Waals surface area contributed by atoms with Gasteiger partial charge in [-0.2, -0.15) is 0 Å². The largest absolute Gasteiger partial charge is 0.386 e. The zero-order valence-electron chi connectivity index (χ0n) is 14.6. The van der Waals surface area contributed by atoms with E-state index in [4.69, 9.17) is 11.6 Å². The predicted molar refractivity (Wildman–Crippen MR) is 104 cm³/mol. The number of fused-ring (bicyclic) bond motifs is 2. The van der Waals surface area contributed by atoms with Crippen LogP contribution in [-0.2, 0) is 0 Å². The summed E-state index contributed by atoms with van der Waals surface area (Å²) in [6, 6.07) is 3.54. The average Bonchev–Trinajstić information content (AvgIpc) is 3.08. The van der Waals surface area contributed by atoms with Gasteiger partial charge < -0.3 is 15.6 Å². The molecule has 2 aromatic rings. The maximum absolute atomic E-state index is 12.3. The average molecular weight is 371 g/mol. The van der Waals surface area contributed by atoms with Crippen LogP contribution in [0.1, 0.15) is 36.2 Å². The van der Waals surface area contributed by atoms with Gasteiger partial charge in [-0.05, 0) is 37.0 Å². The van der Waals surface area contributed by atoms with Crippen molar-refractivity contribution in [2.24, 2.45) is 11.8 Å². The highest BCUT2D eigenvalue weighted by atomic mass is 35.5. The fourth-order valence-corrected chi connectivity index (χ4v) is 4.16. The van der Waals surface area contributed by atoms with Gasteiger partial charge in [0.2, 0.25) is 0 Å². The Morgan fingerprint density at radius 1 is 1.27 bits per heavy atom. The molecule has 26 heavy (non-hydrogen) atoms. The lowest BCUT2D eigenvalue weighted by Crippen LogP contribution is -2.35. The minimum Gasteiger partial charge on any atom is -0.386 e. The van der Waals surface area contributed by atoms with Crippen molar-refractivity contribution < 1.29 is 4.79 Å². The summed E-state index contributed by atoms with van der Waals surface area (Å²) in [5.74, 6) is 1.18. The Morgan fingerprint density at radius 2 is 2.15 bits per heavy atom. The van der Waals surface area contributed by atoms with Crippen LogP contribution in [0.3, 0.4) is 0 Å². The van der Waals surface area contributed by atoms with Crippen molar-refractivity contribution in [1.82, 2.24) is 20.6 Å². The van der Waals surface area contributed by atoms with Crippen LogP contribution in [0.2, 0.25) is 5.15 Å². The van der Waals surface area contributed by atoms with E-state index in [1.54, 1.807) is 18.3 Å². The Balaban J connectivity index is 1.29. The van der Waals surface area contributed by atoms with E-state index < -0.39 is 0 Å². The van der Waals surface area contributed by atoms with Gasteiger partial charge in [0.25, 0.3) is 5.91 Å². The summed E-state index contributed by atoms with van der Waals surface area (Å²) in [5.41, 5.74) is 2.65. The van der Waals surface area contributed by atoms with Crippen molar-refractivity contribution >= 4 is 28.4 Å². The number of H-pyrrole nitrogens is 1. The summed E-state index contributed by atoms with van der Waals surface area (Å²) in [5, 5.41) is 7.78. The number of carbonyl (C=O) groups excluding carboxylic acids is 1. The van der Waals surface area contributed by atoms with Gasteiger partial charge in [0.15, 0.2) is 0 Å². The topological polar surface area (TPSA) is 69.8 Å². The molecule has 0 spiro atoms. The first-order valence-electron chi connectivity index (χ1n) is 9.25. The molecule has 2 aromatic heterocycles. The fourth-order valence-electron chi connectivity index (χ4n) is 4.00. The molecule has 2 aliphatic carbocycles. The number of halogens is 1. The zero-order chi connectivity index (χ0) is 17.9. The molecule has 6 heteroatoms. The highest BCUT2D eigenvalue weighted by molar-refractivity contribution is 6.30. The summed E-state index contributed by atoms with van der Waals surface area (Å²) in [4.78, 5) is 19.4. The molecule has 3 N–H and O–H groups in total. The molecular weight excluding hydrogens is 348 g/mol. The van der Waals surface area contributed by atoms with E-state index in [9.17, 15) is 4.79 Å². The van der Waals surface area contributed by atoms with Gasteiger partial charge in [0.1, 0.15) is 10.8 Å². The van der Waals surface area contributed by atoms with Crippen LogP contribution in [0.25, 0.3) is 10.9 Å². The summed E-state index contributed by atoms with van der Waals surface area (Å²) in [6.07, 6.45) is 13.5. The first-order valence-corrected chi connectivity index (χ1v) is 9.63. The van der Waals surface area contributed by atoms with Gasteiger partial charge in [-0.1, -0.05) is 36.6 Å². The maximum Gasteiger partial charge on any atom is 0.267 e. The first kappa shape index (κ1) is 17.2. The highest BCUT2D eigenvalue weighted by Crippen LogP contribution is 2.37. The number of nitrogens with zero attached hydrogens (tertiary/aromatic N) is 1. The molecule has 0 bridgehead atoms. The van der Waals surface area contributed by atoms with E-state index in [2.05, 4.69) is 38.8 Å². The summed E-state index contributed by atoms with van der Waals surface area (Å²) < 4.78 is 0. The van der Waals surface area contributed by atoms with E-state index in [0.717, 1.165) is 17.4 Å². The van der Waals surface area contributed by atoms with Crippen molar-refractivity contribution in [2.45, 2.75) is 25.7 Å². The molecule has 0 radical (unpaired) electrons. The van der Waals surface area contributed by atoms with Crippen molar-refractivity contribution in [3.05, 3.63) is 53.1 Å². The lowest BCUT2D eigenvalue weighted by molar-refractivity contribution is 0.0950. The number of allylic oxidation sites excluding steroid dienone is 4. The number of pyridine rings is 1. The monoisotopic (exact) mass is 370 g/mol. The molecule has 2 heterocycles. The number of rotatable bonds is 5. The third kappa shape index (κ3) is 3.63. The molecule has 0 aromatic carbocycles. The van der Waals surface area contributed by atoms with Crippen LogP contribution in [0.5, 0.6) is 0 Å². The van der Waals surface area contributed by atoms with Gasteiger partial charge in [0.05, 0.1) is 11.7 Å². The molecule has 4 rings (SSSR count). The smallest absolute Gasteiger partial charge is 0.267 e. The molecule has 136 valence electrons. The van der Waals surface area contributed by atoms with Crippen molar-refractivity contribution in [1.29, 1.82) is 0 Å². The van der Waals surface area contributed by atoms with Gasteiger partial charge in [-0.15, -0.1) is 0 Å². The molecule has 0 aliphatic heterocycles. The number of carbonyl (C=O) groups is 1. The van der Waals surface area contributed by atoms with E-state index in [1.165, 1.54) is 31.4 Å². The normalized spacial score (nSPS) is 22.0. The fraction of sp³-hybridized carbons (Fsp3) is 0.400. The van der Waals surface area contributed by atoms with Crippen molar-refractivity contribution in [3.63, 3.8) is 0 Å². The molecule has 1 saturated carbocycles. The molecule has 5 nitrogen and oxygen atoms in total. The second-order valence-electron chi connectivity index (χ2n) is 7.02. The summed E-state index contributed by atoms with van der Waals surface area (Å²) in [7, 11) is 0. The van der Waals surface area contributed by atoms with Crippen molar-refractivity contribution in [3.8, 4) is 0 Å². The molecule has 1 amide bonds. The van der Waals surface area contributed by atoms with Gasteiger partial charge in [0, 0.05) is 30.1 Å². The Labute approximate surface area is 157 Å². The first-order chi connectivity index (χ1) is 12.7. The number of amides is 1. The van der Waals surface area contributed by atoms with Crippen LogP contribution >= 0.6 is 11.6 Å².